The summed E-state index contributed by atoms with van der Waals surface area (Å²) in [5.74, 6) is -2.81. The van der Waals surface area contributed by atoms with Gasteiger partial charge in [-0.2, -0.15) is 0 Å². The van der Waals surface area contributed by atoms with E-state index in [0.29, 0.717) is 13.0 Å². The minimum atomic E-state index is -2.24. The van der Waals surface area contributed by atoms with Gasteiger partial charge in [0.05, 0.1) is 12.1 Å². The van der Waals surface area contributed by atoms with Crippen molar-refractivity contribution in [1.29, 1.82) is 0 Å². The fourth-order valence-corrected chi connectivity index (χ4v) is 2.19. The van der Waals surface area contributed by atoms with Gasteiger partial charge in [0.1, 0.15) is 12.2 Å². The summed E-state index contributed by atoms with van der Waals surface area (Å²) >= 11 is 0. The van der Waals surface area contributed by atoms with Crippen LogP contribution < -0.4 is 11.5 Å². The highest BCUT2D eigenvalue weighted by molar-refractivity contribution is 5.86. The number of hydrogen-bond acceptors (Lipinski definition) is 7. The van der Waals surface area contributed by atoms with E-state index < -0.39 is 35.9 Å². The summed E-state index contributed by atoms with van der Waals surface area (Å²) in [6, 6.07) is -1.36. The maximum atomic E-state index is 12.0. The summed E-state index contributed by atoms with van der Waals surface area (Å²) in [4.78, 5) is 12.0. The van der Waals surface area contributed by atoms with Gasteiger partial charge in [-0.1, -0.05) is 6.42 Å². The van der Waals surface area contributed by atoms with Gasteiger partial charge in [0, 0.05) is 6.42 Å². The number of unbranched alkanes of at least 4 members (excludes halogenated alkanes) is 2. The first kappa shape index (κ1) is 16.5. The fourth-order valence-electron chi connectivity index (χ4n) is 2.19. The third-order valence-corrected chi connectivity index (χ3v) is 3.52. The van der Waals surface area contributed by atoms with Crippen LogP contribution >= 0.6 is 0 Å². The Bertz CT molecular complexity index is 314. The molecule has 7 heteroatoms. The molecule has 0 saturated carbocycles. The first-order valence-corrected chi connectivity index (χ1v) is 6.60. The fraction of sp³-hybridized carbons (Fsp3) is 0.917. The summed E-state index contributed by atoms with van der Waals surface area (Å²) in [5.41, 5.74) is 11.0. The SMILES string of the molecule is C[C@H]1OC(O)(C(=O)CCCCCN)[C@H](N)[C@@H](O)[C@H]1O. The molecule has 0 radical (unpaired) electrons. The molecule has 0 aromatic heterocycles. The van der Waals surface area contributed by atoms with Crippen LogP contribution in [0, 0.1) is 0 Å². The number of rotatable bonds is 6. The number of ketones is 1. The zero-order valence-corrected chi connectivity index (χ0v) is 11.2. The van der Waals surface area contributed by atoms with Crippen molar-refractivity contribution in [2.24, 2.45) is 11.5 Å². The lowest BCUT2D eigenvalue weighted by molar-refractivity contribution is -0.289. The molecule has 1 heterocycles. The summed E-state index contributed by atoms with van der Waals surface area (Å²) in [5, 5.41) is 29.5. The van der Waals surface area contributed by atoms with E-state index in [9.17, 15) is 20.1 Å². The maximum absolute atomic E-state index is 12.0. The molecule has 1 aliphatic heterocycles. The third-order valence-electron chi connectivity index (χ3n) is 3.52. The van der Waals surface area contributed by atoms with Crippen molar-refractivity contribution in [3.05, 3.63) is 0 Å². The van der Waals surface area contributed by atoms with Crippen LogP contribution in [0.15, 0.2) is 0 Å². The second-order valence-corrected chi connectivity index (χ2v) is 5.05. The quantitative estimate of drug-likeness (QED) is 0.362. The second-order valence-electron chi connectivity index (χ2n) is 5.05. The van der Waals surface area contributed by atoms with Crippen molar-refractivity contribution in [3.8, 4) is 0 Å². The van der Waals surface area contributed by atoms with Gasteiger partial charge < -0.3 is 31.5 Å². The van der Waals surface area contributed by atoms with Gasteiger partial charge in [-0.3, -0.25) is 4.79 Å². The molecule has 1 rings (SSSR count). The minimum Gasteiger partial charge on any atom is -0.388 e. The van der Waals surface area contributed by atoms with Crippen LogP contribution in [-0.2, 0) is 9.53 Å². The summed E-state index contributed by atoms with van der Waals surface area (Å²) < 4.78 is 5.13. The Morgan fingerprint density at radius 1 is 1.26 bits per heavy atom. The standard InChI is InChI=1S/C12H24N2O5/c1-7-9(16)10(17)11(14)12(18,19-7)8(15)5-3-2-4-6-13/h7,9-11,16-18H,2-6,13-14H2,1H3/t7-,9+,10+,11-,12?/m1/s1. The lowest BCUT2D eigenvalue weighted by atomic mass is 9.87. The van der Waals surface area contributed by atoms with Crippen molar-refractivity contribution in [2.75, 3.05) is 6.54 Å². The monoisotopic (exact) mass is 276 g/mol. The van der Waals surface area contributed by atoms with Crippen LogP contribution in [0.2, 0.25) is 0 Å². The molecule has 0 aliphatic carbocycles. The number of Topliss-reactive ketones (excluding diaryl/α,β-unsaturated/α-hetero) is 1. The zero-order chi connectivity index (χ0) is 14.6. The number of hydrogen-bond donors (Lipinski definition) is 5. The smallest absolute Gasteiger partial charge is 0.245 e. The molecule has 19 heavy (non-hydrogen) atoms. The Kier molecular flexibility index (Phi) is 5.84. The molecule has 1 aliphatic rings. The Balaban J connectivity index is 2.65. The highest BCUT2D eigenvalue weighted by atomic mass is 16.6. The molecule has 1 saturated heterocycles. The van der Waals surface area contributed by atoms with E-state index in [-0.39, 0.29) is 6.42 Å². The summed E-state index contributed by atoms with van der Waals surface area (Å²) in [7, 11) is 0. The number of nitrogens with two attached hydrogens (primary N) is 2. The van der Waals surface area contributed by atoms with Gasteiger partial charge >= 0.3 is 0 Å². The van der Waals surface area contributed by atoms with Crippen LogP contribution in [0.3, 0.4) is 0 Å². The Labute approximate surface area is 112 Å². The molecule has 0 bridgehead atoms. The summed E-state index contributed by atoms with van der Waals surface area (Å²) in [6.45, 7) is 2.02. The van der Waals surface area contributed by atoms with Crippen LogP contribution in [0.1, 0.15) is 32.6 Å². The predicted molar refractivity (Wildman–Crippen MR) is 68.0 cm³/mol. The Hall–Kier alpha value is -0.570. The molecular weight excluding hydrogens is 252 g/mol. The van der Waals surface area contributed by atoms with Gasteiger partial charge in [0.25, 0.3) is 0 Å². The second kappa shape index (κ2) is 6.74. The first-order valence-electron chi connectivity index (χ1n) is 6.60. The van der Waals surface area contributed by atoms with E-state index in [1.807, 2.05) is 0 Å². The van der Waals surface area contributed by atoms with Gasteiger partial charge in [-0.25, -0.2) is 0 Å². The zero-order valence-electron chi connectivity index (χ0n) is 11.2. The molecule has 1 unspecified atom stereocenters. The molecular formula is C12H24N2O5. The van der Waals surface area contributed by atoms with Crippen molar-refractivity contribution < 1.29 is 24.9 Å². The molecule has 112 valence electrons. The predicted octanol–water partition coefficient (Wildman–Crippen LogP) is -1.77. The molecule has 7 N–H and O–H groups in total. The van der Waals surface area contributed by atoms with E-state index in [1.165, 1.54) is 6.92 Å². The van der Waals surface area contributed by atoms with E-state index >= 15 is 0 Å². The van der Waals surface area contributed by atoms with E-state index in [2.05, 4.69) is 0 Å². The molecule has 0 aromatic rings. The first-order chi connectivity index (χ1) is 8.84. The van der Waals surface area contributed by atoms with Crippen molar-refractivity contribution in [3.63, 3.8) is 0 Å². The lowest BCUT2D eigenvalue weighted by Crippen LogP contribution is -2.70. The lowest BCUT2D eigenvalue weighted by Gasteiger charge is -2.44. The molecule has 0 amide bonds. The Morgan fingerprint density at radius 2 is 1.89 bits per heavy atom. The number of aliphatic hydroxyl groups is 3. The van der Waals surface area contributed by atoms with E-state index in [4.69, 9.17) is 16.2 Å². The molecule has 0 aromatic carbocycles. The largest absolute Gasteiger partial charge is 0.388 e. The van der Waals surface area contributed by atoms with E-state index in [1.54, 1.807) is 0 Å². The number of ether oxygens (including phenoxy) is 1. The van der Waals surface area contributed by atoms with Gasteiger partial charge in [-0.05, 0) is 26.3 Å². The molecule has 5 atom stereocenters. The van der Waals surface area contributed by atoms with Crippen molar-refractivity contribution >= 4 is 5.78 Å². The van der Waals surface area contributed by atoms with E-state index in [0.717, 1.165) is 12.8 Å². The minimum absolute atomic E-state index is 0.0970. The number of carbonyl (C=O) groups is 1. The van der Waals surface area contributed by atoms with Crippen LogP contribution in [0.5, 0.6) is 0 Å². The normalized spacial score (nSPS) is 39.3. The highest BCUT2D eigenvalue weighted by Gasteiger charge is 2.54. The van der Waals surface area contributed by atoms with Crippen LogP contribution in [-0.4, -0.2) is 57.8 Å². The van der Waals surface area contributed by atoms with Gasteiger partial charge in [0.15, 0.2) is 5.78 Å². The average Bonchev–Trinajstić information content (AvgIpc) is 2.38. The topological polar surface area (TPSA) is 139 Å². The third kappa shape index (κ3) is 3.50. The number of carbonyl (C=O) groups excluding carboxylic acids is 1. The Morgan fingerprint density at radius 3 is 2.47 bits per heavy atom. The van der Waals surface area contributed by atoms with Gasteiger partial charge in [0.2, 0.25) is 5.79 Å². The van der Waals surface area contributed by atoms with Crippen molar-refractivity contribution in [1.82, 2.24) is 0 Å². The average molecular weight is 276 g/mol. The number of aliphatic hydroxyl groups excluding tert-OH is 2. The maximum Gasteiger partial charge on any atom is 0.245 e. The molecule has 7 nitrogen and oxygen atoms in total. The summed E-state index contributed by atoms with van der Waals surface area (Å²) in [6.07, 6.45) is -1.25. The molecule has 1 fully saturated rings. The van der Waals surface area contributed by atoms with Crippen LogP contribution in [0.25, 0.3) is 0 Å². The van der Waals surface area contributed by atoms with Crippen LogP contribution in [0.4, 0.5) is 0 Å². The molecule has 0 spiro atoms. The van der Waals surface area contributed by atoms with Crippen molar-refractivity contribution in [2.45, 2.75) is 62.7 Å². The van der Waals surface area contributed by atoms with Gasteiger partial charge in [-0.15, -0.1) is 0 Å². The highest BCUT2D eigenvalue weighted by Crippen LogP contribution is 2.29.